The van der Waals surface area contributed by atoms with Crippen LogP contribution in [0.4, 0.5) is 5.69 Å². The average Bonchev–Trinajstić information content (AvgIpc) is 2.40. The van der Waals surface area contributed by atoms with Crippen molar-refractivity contribution >= 4 is 27.6 Å². The van der Waals surface area contributed by atoms with Crippen LogP contribution in [0.25, 0.3) is 0 Å². The van der Waals surface area contributed by atoms with Crippen molar-refractivity contribution in [2.24, 2.45) is 0 Å². The van der Waals surface area contributed by atoms with Crippen molar-refractivity contribution in [3.8, 4) is 0 Å². The van der Waals surface area contributed by atoms with E-state index in [0.29, 0.717) is 11.3 Å². The minimum atomic E-state index is -0.399. The lowest BCUT2D eigenvalue weighted by Gasteiger charge is -2.08. The fourth-order valence-electron chi connectivity index (χ4n) is 1.65. The van der Waals surface area contributed by atoms with Crippen molar-refractivity contribution in [3.63, 3.8) is 0 Å². The zero-order chi connectivity index (χ0) is 13.8. The highest BCUT2D eigenvalue weighted by atomic mass is 79.9. The lowest BCUT2D eigenvalue weighted by atomic mass is 10.1. The fraction of sp³-hybridized carbons (Fsp3) is 0.133. The van der Waals surface area contributed by atoms with E-state index in [9.17, 15) is 4.79 Å². The Morgan fingerprint density at radius 1 is 1.21 bits per heavy atom. The number of rotatable bonds is 3. The summed E-state index contributed by atoms with van der Waals surface area (Å²) < 4.78 is 6.25. The lowest BCUT2D eigenvalue weighted by Crippen LogP contribution is -2.08. The molecule has 0 amide bonds. The summed E-state index contributed by atoms with van der Waals surface area (Å²) >= 11 is 3.36. The van der Waals surface area contributed by atoms with E-state index in [2.05, 4.69) is 15.9 Å². The van der Waals surface area contributed by atoms with Gasteiger partial charge in [-0.3, -0.25) is 0 Å². The maximum Gasteiger partial charge on any atom is 0.340 e. The molecular weight excluding hydrogens is 306 g/mol. The number of benzene rings is 2. The first-order chi connectivity index (χ1) is 9.06. The fourth-order valence-corrected chi connectivity index (χ4v) is 1.92. The minimum Gasteiger partial charge on any atom is -0.457 e. The predicted octanol–water partition coefficient (Wildman–Crippen LogP) is 3.70. The van der Waals surface area contributed by atoms with Crippen LogP contribution >= 0.6 is 15.9 Å². The van der Waals surface area contributed by atoms with E-state index in [1.807, 2.05) is 37.3 Å². The van der Waals surface area contributed by atoms with Gasteiger partial charge in [-0.1, -0.05) is 39.7 Å². The third-order valence-corrected chi connectivity index (χ3v) is 3.24. The van der Waals surface area contributed by atoms with Crippen molar-refractivity contribution < 1.29 is 9.53 Å². The summed E-state index contributed by atoms with van der Waals surface area (Å²) in [5, 5.41) is 0. The second-order valence-corrected chi connectivity index (χ2v) is 5.21. The third kappa shape index (κ3) is 3.58. The monoisotopic (exact) mass is 319 g/mol. The van der Waals surface area contributed by atoms with Crippen LogP contribution in [-0.2, 0) is 11.3 Å². The van der Waals surface area contributed by atoms with E-state index in [-0.39, 0.29) is 6.61 Å². The first-order valence-corrected chi connectivity index (χ1v) is 6.63. The van der Waals surface area contributed by atoms with Crippen LogP contribution in [-0.4, -0.2) is 5.97 Å². The predicted molar refractivity (Wildman–Crippen MR) is 78.9 cm³/mol. The van der Waals surface area contributed by atoms with Gasteiger partial charge in [-0.2, -0.15) is 0 Å². The molecule has 0 spiro atoms. The van der Waals surface area contributed by atoms with Crippen molar-refractivity contribution in [1.82, 2.24) is 0 Å². The van der Waals surface area contributed by atoms with Crippen LogP contribution in [0.1, 0.15) is 21.5 Å². The number of anilines is 1. The Morgan fingerprint density at radius 2 is 1.89 bits per heavy atom. The van der Waals surface area contributed by atoms with Gasteiger partial charge < -0.3 is 10.5 Å². The lowest BCUT2D eigenvalue weighted by molar-refractivity contribution is 0.0474. The summed E-state index contributed by atoms with van der Waals surface area (Å²) in [5.41, 5.74) is 8.53. The van der Waals surface area contributed by atoms with Gasteiger partial charge in [0.2, 0.25) is 0 Å². The number of carbonyl (C=O) groups excluding carboxylic acids is 1. The smallest absolute Gasteiger partial charge is 0.340 e. The van der Waals surface area contributed by atoms with Crippen LogP contribution in [0.2, 0.25) is 0 Å². The van der Waals surface area contributed by atoms with E-state index in [1.165, 1.54) is 0 Å². The molecule has 0 unspecified atom stereocenters. The summed E-state index contributed by atoms with van der Waals surface area (Å²) in [6.45, 7) is 2.14. The molecular formula is C15H14BrNO2. The zero-order valence-electron chi connectivity index (χ0n) is 10.5. The van der Waals surface area contributed by atoms with Crippen LogP contribution < -0.4 is 5.73 Å². The summed E-state index contributed by atoms with van der Waals surface area (Å²) in [5.74, 6) is -0.399. The number of aryl methyl sites for hydroxylation is 1. The topological polar surface area (TPSA) is 52.3 Å². The highest BCUT2D eigenvalue weighted by Crippen LogP contribution is 2.16. The van der Waals surface area contributed by atoms with Gasteiger partial charge in [-0.15, -0.1) is 0 Å². The highest BCUT2D eigenvalue weighted by Gasteiger charge is 2.11. The molecule has 0 bridgehead atoms. The first-order valence-electron chi connectivity index (χ1n) is 5.84. The molecule has 2 rings (SSSR count). The standard InChI is InChI=1S/C15H14BrNO2/c1-10-2-7-14(17)13(8-10)15(18)19-9-11-3-5-12(16)6-4-11/h2-8H,9,17H2,1H3. The molecule has 0 aliphatic carbocycles. The number of halogens is 1. The van der Waals surface area contributed by atoms with Crippen LogP contribution in [0.3, 0.4) is 0 Å². The summed E-state index contributed by atoms with van der Waals surface area (Å²) in [6, 6.07) is 12.9. The molecule has 19 heavy (non-hydrogen) atoms. The van der Waals surface area contributed by atoms with Crippen molar-refractivity contribution in [1.29, 1.82) is 0 Å². The molecule has 2 aromatic rings. The zero-order valence-corrected chi connectivity index (χ0v) is 12.1. The van der Waals surface area contributed by atoms with Gasteiger partial charge in [0, 0.05) is 10.2 Å². The van der Waals surface area contributed by atoms with E-state index in [0.717, 1.165) is 15.6 Å². The average molecular weight is 320 g/mol. The molecule has 0 atom stereocenters. The number of hydrogen-bond donors (Lipinski definition) is 1. The molecule has 2 N–H and O–H groups in total. The molecule has 0 aliphatic heterocycles. The second kappa shape index (κ2) is 5.89. The molecule has 0 saturated heterocycles. The molecule has 3 nitrogen and oxygen atoms in total. The molecule has 2 aromatic carbocycles. The Bertz CT molecular complexity index is 594. The van der Waals surface area contributed by atoms with Crippen molar-refractivity contribution in [2.45, 2.75) is 13.5 Å². The van der Waals surface area contributed by atoms with Gasteiger partial charge in [0.15, 0.2) is 0 Å². The Balaban J connectivity index is 2.05. The Hall–Kier alpha value is -1.81. The number of hydrogen-bond acceptors (Lipinski definition) is 3. The Morgan fingerprint density at radius 3 is 2.58 bits per heavy atom. The van der Waals surface area contributed by atoms with E-state index in [1.54, 1.807) is 12.1 Å². The third-order valence-electron chi connectivity index (χ3n) is 2.71. The molecule has 98 valence electrons. The Labute approximate surface area is 120 Å². The summed E-state index contributed by atoms with van der Waals surface area (Å²) in [4.78, 5) is 11.9. The Kier molecular flexibility index (Phi) is 4.22. The van der Waals surface area contributed by atoms with Crippen LogP contribution in [0, 0.1) is 6.92 Å². The largest absolute Gasteiger partial charge is 0.457 e. The number of ether oxygens (including phenoxy) is 1. The SMILES string of the molecule is Cc1ccc(N)c(C(=O)OCc2ccc(Br)cc2)c1. The van der Waals surface area contributed by atoms with E-state index >= 15 is 0 Å². The van der Waals surface area contributed by atoms with Crippen molar-refractivity contribution in [2.75, 3.05) is 5.73 Å². The second-order valence-electron chi connectivity index (χ2n) is 4.29. The van der Waals surface area contributed by atoms with Crippen LogP contribution in [0.5, 0.6) is 0 Å². The molecule has 0 heterocycles. The molecule has 0 aliphatic rings. The van der Waals surface area contributed by atoms with Gasteiger partial charge in [0.1, 0.15) is 6.61 Å². The molecule has 0 saturated carbocycles. The summed E-state index contributed by atoms with van der Waals surface area (Å²) in [7, 11) is 0. The van der Waals surface area contributed by atoms with Gasteiger partial charge >= 0.3 is 5.97 Å². The maximum atomic E-state index is 11.9. The summed E-state index contributed by atoms with van der Waals surface area (Å²) in [6.07, 6.45) is 0. The van der Waals surface area contributed by atoms with Gasteiger partial charge in [-0.05, 0) is 36.8 Å². The van der Waals surface area contributed by atoms with Gasteiger partial charge in [0.05, 0.1) is 5.56 Å². The normalized spacial score (nSPS) is 10.2. The van der Waals surface area contributed by atoms with Gasteiger partial charge in [-0.25, -0.2) is 4.79 Å². The van der Waals surface area contributed by atoms with Gasteiger partial charge in [0.25, 0.3) is 0 Å². The van der Waals surface area contributed by atoms with E-state index in [4.69, 9.17) is 10.5 Å². The number of esters is 1. The quantitative estimate of drug-likeness (QED) is 0.693. The molecule has 0 fully saturated rings. The first kappa shape index (κ1) is 13.6. The number of nitrogens with two attached hydrogens (primary N) is 1. The molecule has 0 radical (unpaired) electrons. The van der Waals surface area contributed by atoms with Crippen molar-refractivity contribution in [3.05, 3.63) is 63.6 Å². The minimum absolute atomic E-state index is 0.236. The molecule has 0 aromatic heterocycles. The number of carbonyl (C=O) groups is 1. The maximum absolute atomic E-state index is 11.9. The van der Waals surface area contributed by atoms with E-state index < -0.39 is 5.97 Å². The molecule has 4 heteroatoms. The highest BCUT2D eigenvalue weighted by molar-refractivity contribution is 9.10. The number of nitrogen functional groups attached to an aromatic ring is 1. The van der Waals surface area contributed by atoms with Crippen LogP contribution in [0.15, 0.2) is 46.9 Å².